The van der Waals surface area contributed by atoms with E-state index in [1.165, 1.54) is 0 Å². The van der Waals surface area contributed by atoms with Gasteiger partial charge in [-0.05, 0) is 61.3 Å². The van der Waals surface area contributed by atoms with Crippen molar-refractivity contribution in [1.82, 2.24) is 5.32 Å². The lowest BCUT2D eigenvalue weighted by Crippen LogP contribution is -2.32. The van der Waals surface area contributed by atoms with E-state index in [0.29, 0.717) is 18.9 Å². The van der Waals surface area contributed by atoms with Crippen LogP contribution in [0, 0.1) is 6.92 Å². The highest BCUT2D eigenvalue weighted by Crippen LogP contribution is 2.27. The third-order valence-electron chi connectivity index (χ3n) is 4.36. The van der Waals surface area contributed by atoms with Crippen molar-refractivity contribution in [3.8, 4) is 23.0 Å². The van der Waals surface area contributed by atoms with Crippen molar-refractivity contribution in [2.75, 3.05) is 40.5 Å². The van der Waals surface area contributed by atoms with Crippen LogP contribution in [0.2, 0.25) is 0 Å². The second-order valence-corrected chi connectivity index (χ2v) is 6.64. The third kappa shape index (κ3) is 7.33. The Hall–Kier alpha value is -2.70. The molecule has 2 aromatic carbocycles. The van der Waals surface area contributed by atoms with E-state index >= 15 is 0 Å². The molecule has 0 radical (unpaired) electrons. The minimum absolute atomic E-state index is 0.219. The normalized spacial score (nSPS) is 11.6. The smallest absolute Gasteiger partial charge is 0.160 e. The van der Waals surface area contributed by atoms with Gasteiger partial charge in [0.05, 0.1) is 14.2 Å². The lowest BCUT2D eigenvalue weighted by atomic mass is 10.1. The van der Waals surface area contributed by atoms with Crippen molar-refractivity contribution in [2.24, 2.45) is 0 Å². The van der Waals surface area contributed by atoms with Gasteiger partial charge >= 0.3 is 0 Å². The van der Waals surface area contributed by atoms with Crippen LogP contribution in [-0.2, 0) is 6.42 Å². The summed E-state index contributed by atoms with van der Waals surface area (Å²) < 4.78 is 21.8. The van der Waals surface area contributed by atoms with Gasteiger partial charge in [-0.3, -0.25) is 0 Å². The fourth-order valence-electron chi connectivity index (χ4n) is 2.81. The summed E-state index contributed by atoms with van der Waals surface area (Å²) in [5.41, 5.74) is 2.09. The van der Waals surface area contributed by atoms with Crippen LogP contribution in [-0.4, -0.2) is 51.7 Å². The topological polar surface area (TPSA) is 69.2 Å². The molecule has 2 N–H and O–H groups in total. The summed E-state index contributed by atoms with van der Waals surface area (Å²) >= 11 is 0. The Morgan fingerprint density at radius 1 is 1.03 bits per heavy atom. The maximum Gasteiger partial charge on any atom is 0.160 e. The van der Waals surface area contributed by atoms with Crippen LogP contribution in [0.25, 0.3) is 0 Å². The number of aryl methyl sites for hydroxylation is 1. The van der Waals surface area contributed by atoms with Crippen LogP contribution < -0.4 is 24.3 Å². The minimum atomic E-state index is -0.600. The molecule has 2 aromatic rings. The van der Waals surface area contributed by atoms with Crippen LogP contribution in [0.5, 0.6) is 23.0 Å². The molecule has 0 fully saturated rings. The number of nitrogens with one attached hydrogen (secondary N) is 1. The molecule has 0 aliphatic rings. The summed E-state index contributed by atoms with van der Waals surface area (Å²) in [7, 11) is 3.24. The zero-order chi connectivity index (χ0) is 21.1. The number of aliphatic hydroxyl groups is 1. The van der Waals surface area contributed by atoms with Gasteiger partial charge in [0, 0.05) is 6.54 Å². The fourth-order valence-corrected chi connectivity index (χ4v) is 2.81. The average Bonchev–Trinajstić information content (AvgIpc) is 2.74. The number of ether oxygens (including phenoxy) is 4. The second kappa shape index (κ2) is 12.0. The molecular formula is C23H31NO5. The average molecular weight is 402 g/mol. The van der Waals surface area contributed by atoms with Gasteiger partial charge in [0.25, 0.3) is 0 Å². The Bertz CT molecular complexity index is 778. The van der Waals surface area contributed by atoms with Gasteiger partial charge in [-0.25, -0.2) is 0 Å². The highest BCUT2D eigenvalue weighted by atomic mass is 16.5. The number of hydrogen-bond donors (Lipinski definition) is 2. The SMILES string of the molecule is C=CCOc1ccc(OCC(O)CNCCc2ccc(OC)c(OC)c2)c(C)c1. The van der Waals surface area contributed by atoms with Gasteiger partial charge in [0.15, 0.2) is 11.5 Å². The van der Waals surface area contributed by atoms with Crippen molar-refractivity contribution in [3.63, 3.8) is 0 Å². The second-order valence-electron chi connectivity index (χ2n) is 6.64. The van der Waals surface area contributed by atoms with Gasteiger partial charge in [-0.2, -0.15) is 0 Å². The zero-order valence-electron chi connectivity index (χ0n) is 17.4. The Labute approximate surface area is 173 Å². The molecule has 158 valence electrons. The van der Waals surface area contributed by atoms with Crippen molar-refractivity contribution >= 4 is 0 Å². The Morgan fingerprint density at radius 2 is 1.79 bits per heavy atom. The number of aliphatic hydroxyl groups excluding tert-OH is 1. The van der Waals surface area contributed by atoms with Crippen LogP contribution in [0.1, 0.15) is 11.1 Å². The van der Waals surface area contributed by atoms with E-state index in [-0.39, 0.29) is 6.61 Å². The van der Waals surface area contributed by atoms with Gasteiger partial charge in [-0.15, -0.1) is 0 Å². The Morgan fingerprint density at radius 3 is 2.48 bits per heavy atom. The first-order valence-electron chi connectivity index (χ1n) is 9.64. The van der Waals surface area contributed by atoms with Crippen LogP contribution >= 0.6 is 0 Å². The molecule has 6 nitrogen and oxygen atoms in total. The monoisotopic (exact) mass is 401 g/mol. The number of benzene rings is 2. The largest absolute Gasteiger partial charge is 0.493 e. The maximum absolute atomic E-state index is 10.2. The first-order valence-corrected chi connectivity index (χ1v) is 9.64. The molecule has 0 saturated heterocycles. The molecule has 1 atom stereocenters. The Kier molecular flexibility index (Phi) is 9.34. The van der Waals surface area contributed by atoms with Gasteiger partial charge in [-0.1, -0.05) is 18.7 Å². The lowest BCUT2D eigenvalue weighted by Gasteiger charge is -2.15. The minimum Gasteiger partial charge on any atom is -0.493 e. The molecule has 0 heterocycles. The molecule has 6 heteroatoms. The van der Waals surface area contributed by atoms with Crippen LogP contribution in [0.3, 0.4) is 0 Å². The maximum atomic E-state index is 10.2. The van der Waals surface area contributed by atoms with Crippen LogP contribution in [0.15, 0.2) is 49.1 Å². The van der Waals surface area contributed by atoms with Crippen molar-refractivity contribution in [1.29, 1.82) is 0 Å². The quantitative estimate of drug-likeness (QED) is 0.397. The van der Waals surface area contributed by atoms with E-state index in [2.05, 4.69) is 11.9 Å². The molecule has 0 saturated carbocycles. The van der Waals surface area contributed by atoms with E-state index in [1.54, 1.807) is 20.3 Å². The zero-order valence-corrected chi connectivity index (χ0v) is 17.4. The van der Waals surface area contributed by atoms with Crippen molar-refractivity contribution in [3.05, 3.63) is 60.2 Å². The van der Waals surface area contributed by atoms with E-state index in [9.17, 15) is 5.11 Å². The fraction of sp³-hybridized carbons (Fsp3) is 0.391. The summed E-state index contributed by atoms with van der Waals surface area (Å²) in [4.78, 5) is 0. The highest BCUT2D eigenvalue weighted by molar-refractivity contribution is 5.43. The predicted molar refractivity (Wildman–Crippen MR) is 114 cm³/mol. The standard InChI is InChI=1S/C23H31NO5/c1-5-12-28-20-7-9-21(17(2)13-20)29-16-19(25)15-24-11-10-18-6-8-22(26-3)23(14-18)27-4/h5-9,13-14,19,24-25H,1,10-12,15-16H2,2-4H3. The first kappa shape index (κ1) is 22.6. The first-order chi connectivity index (χ1) is 14.1. The third-order valence-corrected chi connectivity index (χ3v) is 4.36. The molecule has 0 bridgehead atoms. The van der Waals surface area contributed by atoms with Crippen LogP contribution in [0.4, 0.5) is 0 Å². The van der Waals surface area contributed by atoms with Gasteiger partial charge in [0.1, 0.15) is 30.8 Å². The molecular weight excluding hydrogens is 370 g/mol. The van der Waals surface area contributed by atoms with E-state index in [1.807, 2.05) is 43.3 Å². The molecule has 29 heavy (non-hydrogen) atoms. The predicted octanol–water partition coefficient (Wildman–Crippen LogP) is 3.15. The summed E-state index contributed by atoms with van der Waals surface area (Å²) in [6, 6.07) is 11.5. The molecule has 2 rings (SSSR count). The number of methoxy groups -OCH3 is 2. The summed E-state index contributed by atoms with van der Waals surface area (Å²) in [6.07, 6.45) is 1.92. The molecule has 0 spiro atoms. The molecule has 0 amide bonds. The molecule has 1 unspecified atom stereocenters. The molecule has 0 aliphatic heterocycles. The Balaban J connectivity index is 1.71. The van der Waals surface area contributed by atoms with E-state index in [0.717, 1.165) is 41.3 Å². The molecule has 0 aromatic heterocycles. The van der Waals surface area contributed by atoms with E-state index < -0.39 is 6.10 Å². The summed E-state index contributed by atoms with van der Waals surface area (Å²) in [5.74, 6) is 2.94. The lowest BCUT2D eigenvalue weighted by molar-refractivity contribution is 0.106. The summed E-state index contributed by atoms with van der Waals surface area (Å²) in [5, 5.41) is 13.4. The van der Waals surface area contributed by atoms with Crippen molar-refractivity contribution < 1.29 is 24.1 Å². The summed E-state index contributed by atoms with van der Waals surface area (Å²) in [6.45, 7) is 7.45. The molecule has 0 aliphatic carbocycles. The van der Waals surface area contributed by atoms with E-state index in [4.69, 9.17) is 18.9 Å². The number of hydrogen-bond acceptors (Lipinski definition) is 6. The van der Waals surface area contributed by atoms with Gasteiger partial charge in [0.2, 0.25) is 0 Å². The van der Waals surface area contributed by atoms with Crippen molar-refractivity contribution in [2.45, 2.75) is 19.4 Å². The highest BCUT2D eigenvalue weighted by Gasteiger charge is 2.08. The van der Waals surface area contributed by atoms with Gasteiger partial charge < -0.3 is 29.4 Å². The number of rotatable bonds is 13.